The van der Waals surface area contributed by atoms with Crippen molar-refractivity contribution in [3.63, 3.8) is 0 Å². The van der Waals surface area contributed by atoms with E-state index < -0.39 is 0 Å². The lowest BCUT2D eigenvalue weighted by atomic mass is 10.2. The Bertz CT molecular complexity index is 336. The quantitative estimate of drug-likeness (QED) is 0.734. The number of rotatable bonds is 4. The third kappa shape index (κ3) is 3.12. The van der Waals surface area contributed by atoms with Crippen LogP contribution >= 0.6 is 0 Å². The molecule has 1 N–H and O–H groups in total. The molecule has 1 aromatic rings. The van der Waals surface area contributed by atoms with Crippen LogP contribution in [0, 0.1) is 11.8 Å². The smallest absolute Gasteiger partial charge is 0.0765 e. The summed E-state index contributed by atoms with van der Waals surface area (Å²) in [5.41, 5.74) is 2.25. The maximum Gasteiger partial charge on any atom is 0.0765 e. The Morgan fingerprint density at radius 3 is 2.86 bits per heavy atom. The van der Waals surface area contributed by atoms with Gasteiger partial charge in [-0.3, -0.25) is 0 Å². The number of anilines is 1. The van der Waals surface area contributed by atoms with Crippen molar-refractivity contribution in [1.29, 1.82) is 0 Å². The summed E-state index contributed by atoms with van der Waals surface area (Å²) < 4.78 is 5.10. The molecule has 0 radical (unpaired) electrons. The molecule has 0 aliphatic carbocycles. The summed E-state index contributed by atoms with van der Waals surface area (Å²) in [5, 5.41) is 3.25. The molecule has 0 fully saturated rings. The average Bonchev–Trinajstić information content (AvgIpc) is 2.21. The second-order valence-corrected chi connectivity index (χ2v) is 2.87. The molecule has 0 aliphatic rings. The van der Waals surface area contributed by atoms with Crippen LogP contribution in [0.3, 0.4) is 0 Å². The highest BCUT2D eigenvalue weighted by molar-refractivity contribution is 5.51. The van der Waals surface area contributed by atoms with Gasteiger partial charge in [0.05, 0.1) is 13.2 Å². The molecule has 0 amide bonds. The number of methoxy groups -OCH3 is 1. The Labute approximate surface area is 85.3 Å². The largest absolute Gasteiger partial charge is 0.380 e. The maximum absolute atomic E-state index is 5.10. The van der Waals surface area contributed by atoms with E-state index in [9.17, 15) is 0 Å². The van der Waals surface area contributed by atoms with Crippen molar-refractivity contribution >= 4 is 5.69 Å². The van der Waals surface area contributed by atoms with Crippen molar-refractivity contribution in [2.24, 2.45) is 0 Å². The van der Waals surface area contributed by atoms with E-state index in [2.05, 4.69) is 17.2 Å². The van der Waals surface area contributed by atoms with Crippen molar-refractivity contribution in [1.82, 2.24) is 0 Å². The van der Waals surface area contributed by atoms with Gasteiger partial charge in [0, 0.05) is 18.4 Å². The summed E-state index contributed by atoms with van der Waals surface area (Å²) in [6, 6.07) is 8.09. The van der Waals surface area contributed by atoms with Gasteiger partial charge in [-0.2, -0.15) is 0 Å². The summed E-state index contributed by atoms with van der Waals surface area (Å²) in [6.45, 7) is 3.14. The van der Waals surface area contributed by atoms with Crippen molar-refractivity contribution in [3.05, 3.63) is 29.8 Å². The monoisotopic (exact) mass is 189 g/mol. The molecule has 0 atom stereocenters. The Morgan fingerprint density at radius 2 is 2.14 bits per heavy atom. The predicted molar refractivity (Wildman–Crippen MR) is 59.1 cm³/mol. The van der Waals surface area contributed by atoms with E-state index in [4.69, 9.17) is 4.74 Å². The van der Waals surface area contributed by atoms with Gasteiger partial charge in [0.15, 0.2) is 0 Å². The van der Waals surface area contributed by atoms with Crippen LogP contribution in [0.2, 0.25) is 0 Å². The molecule has 0 aliphatic heterocycles. The average molecular weight is 189 g/mol. The Kier molecular flexibility index (Phi) is 4.60. The van der Waals surface area contributed by atoms with Crippen molar-refractivity contribution in [3.8, 4) is 11.8 Å². The van der Waals surface area contributed by atoms with Gasteiger partial charge in [0.2, 0.25) is 0 Å². The van der Waals surface area contributed by atoms with Crippen molar-refractivity contribution in [2.45, 2.75) is 13.5 Å². The molecule has 0 aromatic heterocycles. The van der Waals surface area contributed by atoms with E-state index in [0.29, 0.717) is 13.2 Å². The van der Waals surface area contributed by atoms with Gasteiger partial charge in [-0.15, -0.1) is 5.92 Å². The molecule has 0 heterocycles. The zero-order valence-corrected chi connectivity index (χ0v) is 8.63. The number of para-hydroxylation sites is 1. The molecule has 14 heavy (non-hydrogen) atoms. The zero-order valence-electron chi connectivity index (χ0n) is 8.63. The van der Waals surface area contributed by atoms with E-state index in [1.807, 2.05) is 31.2 Å². The van der Waals surface area contributed by atoms with Crippen LogP contribution in [-0.4, -0.2) is 13.7 Å². The molecule has 0 unspecified atom stereocenters. The molecule has 1 aromatic carbocycles. The van der Waals surface area contributed by atoms with E-state index in [1.165, 1.54) is 0 Å². The Morgan fingerprint density at radius 1 is 1.36 bits per heavy atom. The molecule has 0 saturated carbocycles. The number of hydrogen-bond donors (Lipinski definition) is 1. The topological polar surface area (TPSA) is 21.3 Å². The second-order valence-electron chi connectivity index (χ2n) is 2.87. The molecule has 0 saturated heterocycles. The number of hydrogen-bond acceptors (Lipinski definition) is 2. The lowest BCUT2D eigenvalue weighted by Crippen LogP contribution is -2.02. The lowest BCUT2D eigenvalue weighted by molar-refractivity contribution is 0.185. The number of ether oxygens (including phenoxy) is 1. The molecule has 2 nitrogen and oxygen atoms in total. The molecule has 0 spiro atoms. The van der Waals surface area contributed by atoms with E-state index in [0.717, 1.165) is 11.3 Å². The second kappa shape index (κ2) is 6.06. The molecule has 1 rings (SSSR count). The highest BCUT2D eigenvalue weighted by Crippen LogP contribution is 2.14. The van der Waals surface area contributed by atoms with Gasteiger partial charge in [-0.1, -0.05) is 24.1 Å². The summed E-state index contributed by atoms with van der Waals surface area (Å²) >= 11 is 0. The van der Waals surface area contributed by atoms with Crippen LogP contribution in [-0.2, 0) is 11.3 Å². The lowest BCUT2D eigenvalue weighted by Gasteiger charge is -2.08. The third-order valence-corrected chi connectivity index (χ3v) is 1.86. The number of nitrogens with one attached hydrogen (secondary N) is 1. The van der Waals surface area contributed by atoms with Crippen molar-refractivity contribution < 1.29 is 4.74 Å². The van der Waals surface area contributed by atoms with E-state index in [-0.39, 0.29) is 0 Å². The SMILES string of the molecule is CC#CCNc1ccccc1COC. The van der Waals surface area contributed by atoms with Gasteiger partial charge < -0.3 is 10.1 Å². The van der Waals surface area contributed by atoms with Crippen LogP contribution in [0.25, 0.3) is 0 Å². The highest BCUT2D eigenvalue weighted by Gasteiger charge is 1.98. The molecule has 0 bridgehead atoms. The van der Waals surface area contributed by atoms with Gasteiger partial charge in [-0.05, 0) is 13.0 Å². The first-order chi connectivity index (χ1) is 6.88. The summed E-state index contributed by atoms with van der Waals surface area (Å²) in [6.07, 6.45) is 0. The fourth-order valence-electron chi connectivity index (χ4n) is 1.20. The Balaban J connectivity index is 2.67. The minimum Gasteiger partial charge on any atom is -0.380 e. The maximum atomic E-state index is 5.10. The third-order valence-electron chi connectivity index (χ3n) is 1.86. The van der Waals surface area contributed by atoms with Crippen LogP contribution in [0.1, 0.15) is 12.5 Å². The fourth-order valence-corrected chi connectivity index (χ4v) is 1.20. The first-order valence-corrected chi connectivity index (χ1v) is 4.58. The summed E-state index contributed by atoms with van der Waals surface area (Å²) in [7, 11) is 1.70. The van der Waals surface area contributed by atoms with Crippen LogP contribution in [0.15, 0.2) is 24.3 Å². The predicted octanol–water partition coefficient (Wildman–Crippen LogP) is 2.27. The highest BCUT2D eigenvalue weighted by atomic mass is 16.5. The van der Waals surface area contributed by atoms with Gasteiger partial charge in [0.1, 0.15) is 0 Å². The zero-order chi connectivity index (χ0) is 10.2. The normalized spacial score (nSPS) is 9.00. The van der Waals surface area contributed by atoms with E-state index in [1.54, 1.807) is 7.11 Å². The first kappa shape index (κ1) is 10.6. The van der Waals surface area contributed by atoms with Gasteiger partial charge in [-0.25, -0.2) is 0 Å². The standard InChI is InChI=1S/C12H15NO/c1-3-4-9-13-12-8-6-5-7-11(12)10-14-2/h5-8,13H,9-10H2,1-2H3. The van der Waals surface area contributed by atoms with E-state index >= 15 is 0 Å². The minimum absolute atomic E-state index is 0.628. The summed E-state index contributed by atoms with van der Waals surface area (Å²) in [5.74, 6) is 5.81. The van der Waals surface area contributed by atoms with Gasteiger partial charge >= 0.3 is 0 Å². The van der Waals surface area contributed by atoms with Crippen molar-refractivity contribution in [2.75, 3.05) is 19.0 Å². The minimum atomic E-state index is 0.628. The summed E-state index contributed by atoms with van der Waals surface area (Å²) in [4.78, 5) is 0. The van der Waals surface area contributed by atoms with Crippen LogP contribution in [0.5, 0.6) is 0 Å². The van der Waals surface area contributed by atoms with Crippen LogP contribution in [0.4, 0.5) is 5.69 Å². The molecule has 74 valence electrons. The molecular weight excluding hydrogens is 174 g/mol. The van der Waals surface area contributed by atoms with Crippen LogP contribution < -0.4 is 5.32 Å². The van der Waals surface area contributed by atoms with Gasteiger partial charge in [0.25, 0.3) is 0 Å². The molecular formula is C12H15NO. The molecule has 2 heteroatoms. The fraction of sp³-hybridized carbons (Fsp3) is 0.333. The first-order valence-electron chi connectivity index (χ1n) is 4.58. The Hall–Kier alpha value is -1.46. The number of benzene rings is 1.